The summed E-state index contributed by atoms with van der Waals surface area (Å²) in [5, 5.41) is 6.34. The largest absolute Gasteiger partial charge is 0.455 e. The first-order chi connectivity index (χ1) is 33.3. The van der Waals surface area contributed by atoms with Crippen molar-refractivity contribution >= 4 is 75.3 Å². The zero-order valence-electron chi connectivity index (χ0n) is 38.3. The normalized spacial score (nSPS) is 12.9. The molecule has 0 saturated carbocycles. The molecule has 9 aromatic carbocycles. The van der Waals surface area contributed by atoms with E-state index in [1.165, 1.54) is 0 Å². The highest BCUT2D eigenvalue weighted by molar-refractivity contribution is 7.26. The summed E-state index contributed by atoms with van der Waals surface area (Å²) in [6.07, 6.45) is 0. The van der Waals surface area contributed by atoms with E-state index in [1.807, 2.05) is 72.8 Å². The summed E-state index contributed by atoms with van der Waals surface area (Å²) >= 11 is 1.64. The fourth-order valence-electron chi connectivity index (χ4n) is 9.07. The number of hydrogen-bond acceptors (Lipinski definition) is 5. The predicted molar refractivity (Wildman–Crippen MR) is 262 cm³/mol. The van der Waals surface area contributed by atoms with Crippen molar-refractivity contribution in [2.75, 3.05) is 0 Å². The maximum atomic E-state index is 9.08. The lowest BCUT2D eigenvalue weighted by atomic mass is 10.00. The number of para-hydroxylation sites is 4. The molecule has 0 saturated heterocycles. The molecule has 13 aromatic rings. The van der Waals surface area contributed by atoms with Crippen molar-refractivity contribution in [3.8, 4) is 62.1 Å². The summed E-state index contributed by atoms with van der Waals surface area (Å²) in [5.74, 6) is 0.539. The Balaban J connectivity index is 1.10. The molecule has 0 unspecified atom stereocenters. The number of thiophene rings is 1. The van der Waals surface area contributed by atoms with Crippen LogP contribution in [0.5, 0.6) is 0 Å². The minimum Gasteiger partial charge on any atom is -0.455 e. The van der Waals surface area contributed by atoms with E-state index in [4.69, 9.17) is 26.2 Å². The topological polar surface area (TPSA) is 56.7 Å². The van der Waals surface area contributed by atoms with E-state index in [1.54, 1.807) is 11.3 Å². The minimum atomic E-state index is -0.494. The number of aromatic nitrogens is 4. The standard InChI is InChI=1S/C57H34N4OS/c1-3-15-35(16-4-1)37-29-30-52-46(32-37)47-33-40(61-49-26-10-7-21-42(49)43-22-8-11-27-50(43)61)34-48(54(47)63-52)57-59-55(36-17-5-2-6-18-36)58-56(60-57)39-20-13-19-38(31-39)41-24-14-25-45-44-23-9-12-28-51(44)62-53(41)45/h1-34H/i2D,5D,6D,17D,18D. The second kappa shape index (κ2) is 14.2. The van der Waals surface area contributed by atoms with Crippen LogP contribution in [0.4, 0.5) is 0 Å². The van der Waals surface area contributed by atoms with Crippen molar-refractivity contribution in [2.45, 2.75) is 0 Å². The van der Waals surface area contributed by atoms with Crippen molar-refractivity contribution in [1.29, 1.82) is 0 Å². The Bertz CT molecular complexity index is 4150. The van der Waals surface area contributed by atoms with Gasteiger partial charge in [0.25, 0.3) is 0 Å². The van der Waals surface area contributed by atoms with Gasteiger partial charge in [-0.15, -0.1) is 11.3 Å². The van der Waals surface area contributed by atoms with Gasteiger partial charge in [0.05, 0.1) is 17.9 Å². The lowest BCUT2D eigenvalue weighted by Crippen LogP contribution is -2.01. The van der Waals surface area contributed by atoms with Crippen LogP contribution in [0.1, 0.15) is 6.85 Å². The van der Waals surface area contributed by atoms with Gasteiger partial charge in [0.2, 0.25) is 0 Å². The fraction of sp³-hybridized carbons (Fsp3) is 0. The van der Waals surface area contributed by atoms with Crippen LogP contribution in [0, 0.1) is 0 Å². The second-order valence-electron chi connectivity index (χ2n) is 15.6. The molecule has 0 atom stereocenters. The van der Waals surface area contributed by atoms with Crippen LogP contribution in [-0.2, 0) is 0 Å². The van der Waals surface area contributed by atoms with Gasteiger partial charge in [-0.05, 0) is 65.2 Å². The van der Waals surface area contributed by atoms with Crippen LogP contribution in [0.2, 0.25) is 0 Å². The average molecular weight is 828 g/mol. The summed E-state index contributed by atoms with van der Waals surface area (Å²) in [6, 6.07) is 57.8. The molecule has 63 heavy (non-hydrogen) atoms. The van der Waals surface area contributed by atoms with Gasteiger partial charge in [0.1, 0.15) is 11.2 Å². The number of rotatable bonds is 6. The summed E-state index contributed by atoms with van der Waals surface area (Å²) < 4.78 is 54.6. The highest BCUT2D eigenvalue weighted by Gasteiger charge is 2.22. The van der Waals surface area contributed by atoms with E-state index in [0.29, 0.717) is 17.0 Å². The zero-order chi connectivity index (χ0) is 45.8. The molecule has 294 valence electrons. The minimum absolute atomic E-state index is 0.0327. The number of nitrogens with zero attached hydrogens (tertiary/aromatic N) is 4. The van der Waals surface area contributed by atoms with E-state index >= 15 is 0 Å². The smallest absolute Gasteiger partial charge is 0.165 e. The molecule has 0 amide bonds. The molecule has 13 rings (SSSR count). The number of fused-ring (bicyclic) bond motifs is 9. The maximum absolute atomic E-state index is 9.08. The highest BCUT2D eigenvalue weighted by atomic mass is 32.1. The van der Waals surface area contributed by atoms with Crippen molar-refractivity contribution in [1.82, 2.24) is 19.5 Å². The fourth-order valence-corrected chi connectivity index (χ4v) is 10.2. The summed E-state index contributed by atoms with van der Waals surface area (Å²) in [5.41, 5.74) is 9.72. The molecule has 4 aromatic heterocycles. The van der Waals surface area contributed by atoms with E-state index < -0.39 is 30.2 Å². The van der Waals surface area contributed by atoms with Gasteiger partial charge in [-0.25, -0.2) is 15.0 Å². The molecule has 0 bridgehead atoms. The highest BCUT2D eigenvalue weighted by Crippen LogP contribution is 2.44. The number of hydrogen-bond donors (Lipinski definition) is 0. The second-order valence-corrected chi connectivity index (χ2v) is 16.6. The molecular formula is C57H34N4OS. The first-order valence-corrected chi connectivity index (χ1v) is 21.5. The van der Waals surface area contributed by atoms with Crippen molar-refractivity contribution in [3.05, 3.63) is 206 Å². The Kier molecular flexibility index (Phi) is 6.94. The summed E-state index contributed by atoms with van der Waals surface area (Å²) in [4.78, 5) is 15.4. The average Bonchev–Trinajstić information content (AvgIpc) is 4.07. The molecule has 0 radical (unpaired) electrons. The Labute approximate surface area is 372 Å². The van der Waals surface area contributed by atoms with E-state index in [9.17, 15) is 0 Å². The molecule has 6 heteroatoms. The van der Waals surface area contributed by atoms with Crippen molar-refractivity contribution in [3.63, 3.8) is 0 Å². The Morgan fingerprint density at radius 2 is 1.08 bits per heavy atom. The van der Waals surface area contributed by atoms with Gasteiger partial charge in [-0.1, -0.05) is 158 Å². The summed E-state index contributed by atoms with van der Waals surface area (Å²) in [7, 11) is 0. The van der Waals surface area contributed by atoms with Gasteiger partial charge < -0.3 is 8.98 Å². The zero-order valence-corrected chi connectivity index (χ0v) is 34.2. The quantitative estimate of drug-likeness (QED) is 0.168. The van der Waals surface area contributed by atoms with E-state index in [2.05, 4.69) is 108 Å². The van der Waals surface area contributed by atoms with Crippen LogP contribution < -0.4 is 0 Å². The van der Waals surface area contributed by atoms with Gasteiger partial charge in [-0.3, -0.25) is 0 Å². The lowest BCUT2D eigenvalue weighted by molar-refractivity contribution is 0.670. The van der Waals surface area contributed by atoms with E-state index in [0.717, 1.165) is 91.9 Å². The summed E-state index contributed by atoms with van der Waals surface area (Å²) in [6.45, 7) is 0. The third-order valence-corrected chi connectivity index (χ3v) is 13.2. The van der Waals surface area contributed by atoms with Crippen LogP contribution in [0.25, 0.3) is 126 Å². The molecular weight excluding hydrogens is 789 g/mol. The van der Waals surface area contributed by atoms with Crippen LogP contribution in [0.3, 0.4) is 0 Å². The van der Waals surface area contributed by atoms with Crippen molar-refractivity contribution in [2.24, 2.45) is 0 Å². The van der Waals surface area contributed by atoms with Crippen molar-refractivity contribution < 1.29 is 11.3 Å². The van der Waals surface area contributed by atoms with Gasteiger partial charge in [-0.2, -0.15) is 0 Å². The van der Waals surface area contributed by atoms with Gasteiger partial charge in [0.15, 0.2) is 17.5 Å². The third kappa shape index (κ3) is 5.80. The monoisotopic (exact) mass is 827 g/mol. The Morgan fingerprint density at radius 1 is 0.429 bits per heavy atom. The maximum Gasteiger partial charge on any atom is 0.165 e. The van der Waals surface area contributed by atoms with Gasteiger partial charge >= 0.3 is 0 Å². The molecule has 0 aliphatic carbocycles. The SMILES string of the molecule is [2H]c1c([2H])c([2H])c(-c2nc(-c3cccc(-c4cccc5c4oc4ccccc45)c3)nc(-c3cc(-n4c5ccccc5c5ccccc54)cc4c3sc3ccc(-c5ccccc5)cc34)n2)c([2H])c1[2H]. The Hall–Kier alpha value is -8.19. The van der Waals surface area contributed by atoms with E-state index in [-0.39, 0.29) is 17.2 Å². The van der Waals surface area contributed by atoms with Crippen LogP contribution in [0.15, 0.2) is 211 Å². The lowest BCUT2D eigenvalue weighted by Gasteiger charge is -2.13. The van der Waals surface area contributed by atoms with Crippen LogP contribution >= 0.6 is 11.3 Å². The first-order valence-electron chi connectivity index (χ1n) is 23.2. The molecule has 0 fully saturated rings. The number of benzene rings is 9. The molecule has 0 spiro atoms. The van der Waals surface area contributed by atoms with Gasteiger partial charge in [0, 0.05) is 69.7 Å². The first kappa shape index (κ1) is 30.8. The molecule has 4 heterocycles. The molecule has 0 N–H and O–H groups in total. The third-order valence-electron chi connectivity index (χ3n) is 11.9. The molecule has 0 aliphatic rings. The number of furan rings is 1. The molecule has 5 nitrogen and oxygen atoms in total. The predicted octanol–water partition coefficient (Wildman–Crippen LogP) is 15.6. The Morgan fingerprint density at radius 3 is 1.89 bits per heavy atom. The molecule has 0 aliphatic heterocycles. The van der Waals surface area contributed by atoms with Crippen LogP contribution in [-0.4, -0.2) is 19.5 Å².